The van der Waals surface area contributed by atoms with E-state index in [4.69, 9.17) is 0 Å². The van der Waals surface area contributed by atoms with Crippen molar-refractivity contribution in [1.82, 2.24) is 10.2 Å². The molecule has 1 rings (SSSR count). The number of rotatable bonds is 5. The molecule has 0 aromatic heterocycles. The van der Waals surface area contributed by atoms with E-state index in [1.54, 1.807) is 0 Å². The van der Waals surface area contributed by atoms with Crippen molar-refractivity contribution in [3.63, 3.8) is 0 Å². The molecule has 0 aromatic rings. The standard InChI is InChI=1S/C10H19F3N2/c11-10(12,13)9-14-5-4-8-15-6-2-1-3-7-15/h14H,1-9H2. The topological polar surface area (TPSA) is 15.3 Å². The first-order valence-corrected chi connectivity index (χ1v) is 5.58. The van der Waals surface area contributed by atoms with Gasteiger partial charge in [0.2, 0.25) is 0 Å². The fourth-order valence-corrected chi connectivity index (χ4v) is 1.84. The van der Waals surface area contributed by atoms with Gasteiger partial charge in [0.05, 0.1) is 6.54 Å². The molecular weight excluding hydrogens is 205 g/mol. The van der Waals surface area contributed by atoms with Gasteiger partial charge < -0.3 is 10.2 Å². The number of halogens is 3. The molecule has 2 nitrogen and oxygen atoms in total. The molecule has 1 saturated heterocycles. The second kappa shape index (κ2) is 6.33. The Labute approximate surface area is 88.8 Å². The minimum absolute atomic E-state index is 0.454. The first-order valence-electron chi connectivity index (χ1n) is 5.58. The molecule has 0 spiro atoms. The van der Waals surface area contributed by atoms with E-state index in [2.05, 4.69) is 10.2 Å². The van der Waals surface area contributed by atoms with E-state index >= 15 is 0 Å². The fraction of sp³-hybridized carbons (Fsp3) is 1.00. The molecule has 0 unspecified atom stereocenters. The molecule has 1 N–H and O–H groups in total. The van der Waals surface area contributed by atoms with Gasteiger partial charge in [0.15, 0.2) is 0 Å². The molecule has 0 saturated carbocycles. The van der Waals surface area contributed by atoms with Gasteiger partial charge in [-0.3, -0.25) is 0 Å². The van der Waals surface area contributed by atoms with Crippen LogP contribution in [0.3, 0.4) is 0 Å². The zero-order valence-corrected chi connectivity index (χ0v) is 8.95. The maximum absolute atomic E-state index is 11.8. The van der Waals surface area contributed by atoms with E-state index in [1.165, 1.54) is 19.3 Å². The van der Waals surface area contributed by atoms with E-state index in [0.29, 0.717) is 6.54 Å². The van der Waals surface area contributed by atoms with Crippen molar-refractivity contribution in [3.8, 4) is 0 Å². The van der Waals surface area contributed by atoms with Crippen LogP contribution in [-0.2, 0) is 0 Å². The summed E-state index contributed by atoms with van der Waals surface area (Å²) in [6.45, 7) is 2.73. The van der Waals surface area contributed by atoms with E-state index in [-0.39, 0.29) is 0 Å². The van der Waals surface area contributed by atoms with E-state index < -0.39 is 12.7 Å². The average Bonchev–Trinajstić information content (AvgIpc) is 2.17. The molecule has 1 fully saturated rings. The van der Waals surface area contributed by atoms with Crippen LogP contribution in [0.1, 0.15) is 25.7 Å². The lowest BCUT2D eigenvalue weighted by Crippen LogP contribution is -2.34. The zero-order chi connectivity index (χ0) is 11.1. The van der Waals surface area contributed by atoms with Crippen molar-refractivity contribution in [3.05, 3.63) is 0 Å². The molecule has 15 heavy (non-hydrogen) atoms. The van der Waals surface area contributed by atoms with E-state index in [1.807, 2.05) is 0 Å². The van der Waals surface area contributed by atoms with Crippen LogP contribution in [0.15, 0.2) is 0 Å². The highest BCUT2D eigenvalue weighted by Crippen LogP contribution is 2.12. The van der Waals surface area contributed by atoms with Gasteiger partial charge in [-0.15, -0.1) is 0 Å². The van der Waals surface area contributed by atoms with Crippen molar-refractivity contribution in [1.29, 1.82) is 0 Å². The highest BCUT2D eigenvalue weighted by Gasteiger charge is 2.25. The summed E-state index contributed by atoms with van der Waals surface area (Å²) in [6, 6.07) is 0. The number of likely N-dealkylation sites (tertiary alicyclic amines) is 1. The second-order valence-corrected chi connectivity index (χ2v) is 4.05. The van der Waals surface area contributed by atoms with Crippen molar-refractivity contribution in [2.45, 2.75) is 31.9 Å². The Balaban J connectivity index is 1.92. The number of nitrogens with one attached hydrogen (secondary N) is 1. The summed E-state index contributed by atoms with van der Waals surface area (Å²) < 4.78 is 35.3. The van der Waals surface area contributed by atoms with E-state index in [9.17, 15) is 13.2 Å². The molecule has 1 aliphatic rings. The molecule has 5 heteroatoms. The molecule has 90 valence electrons. The Bertz CT molecular complexity index is 165. The summed E-state index contributed by atoms with van der Waals surface area (Å²) in [7, 11) is 0. The second-order valence-electron chi connectivity index (χ2n) is 4.05. The minimum Gasteiger partial charge on any atom is -0.309 e. The first kappa shape index (κ1) is 12.8. The molecule has 1 aliphatic heterocycles. The lowest BCUT2D eigenvalue weighted by molar-refractivity contribution is -0.124. The summed E-state index contributed by atoms with van der Waals surface area (Å²) >= 11 is 0. The third-order valence-corrected chi connectivity index (χ3v) is 2.60. The molecule has 0 amide bonds. The van der Waals surface area contributed by atoms with Gasteiger partial charge in [-0.25, -0.2) is 0 Å². The van der Waals surface area contributed by atoms with Crippen LogP contribution in [0.4, 0.5) is 13.2 Å². The maximum atomic E-state index is 11.8. The van der Waals surface area contributed by atoms with Gasteiger partial charge in [0.1, 0.15) is 0 Å². The number of nitrogens with zero attached hydrogens (tertiary/aromatic N) is 1. The fourth-order valence-electron chi connectivity index (χ4n) is 1.84. The lowest BCUT2D eigenvalue weighted by atomic mass is 10.1. The van der Waals surface area contributed by atoms with Gasteiger partial charge in [-0.2, -0.15) is 13.2 Å². The lowest BCUT2D eigenvalue weighted by Gasteiger charge is -2.26. The van der Waals surface area contributed by atoms with Crippen LogP contribution in [0, 0.1) is 0 Å². The predicted molar refractivity (Wildman–Crippen MR) is 53.8 cm³/mol. The Morgan fingerprint density at radius 2 is 1.73 bits per heavy atom. The molecule has 1 heterocycles. The number of hydrogen-bond donors (Lipinski definition) is 1. The highest BCUT2D eigenvalue weighted by molar-refractivity contribution is 4.65. The van der Waals surface area contributed by atoms with Crippen LogP contribution in [-0.4, -0.2) is 43.8 Å². The summed E-state index contributed by atoms with van der Waals surface area (Å²) in [4.78, 5) is 2.33. The van der Waals surface area contributed by atoms with Crippen LogP contribution in [0.25, 0.3) is 0 Å². The monoisotopic (exact) mass is 224 g/mol. The van der Waals surface area contributed by atoms with Crippen molar-refractivity contribution < 1.29 is 13.2 Å². The normalized spacial score (nSPS) is 19.4. The highest BCUT2D eigenvalue weighted by atomic mass is 19.4. The minimum atomic E-state index is -4.08. The number of piperidine rings is 1. The van der Waals surface area contributed by atoms with Crippen LogP contribution in [0.5, 0.6) is 0 Å². The van der Waals surface area contributed by atoms with Crippen LogP contribution >= 0.6 is 0 Å². The summed E-state index contributed by atoms with van der Waals surface area (Å²) in [5.41, 5.74) is 0. The van der Waals surface area contributed by atoms with Crippen LogP contribution in [0.2, 0.25) is 0 Å². The average molecular weight is 224 g/mol. The molecule has 0 atom stereocenters. The smallest absolute Gasteiger partial charge is 0.309 e. The number of alkyl halides is 3. The molecular formula is C10H19F3N2. The predicted octanol–water partition coefficient (Wildman–Crippen LogP) is 2.01. The zero-order valence-electron chi connectivity index (χ0n) is 8.95. The largest absolute Gasteiger partial charge is 0.401 e. The number of hydrogen-bond acceptors (Lipinski definition) is 2. The summed E-state index contributed by atoms with van der Waals surface area (Å²) in [5.74, 6) is 0. The maximum Gasteiger partial charge on any atom is 0.401 e. The Morgan fingerprint density at radius 1 is 1.07 bits per heavy atom. The van der Waals surface area contributed by atoms with Crippen molar-refractivity contribution in [2.75, 3.05) is 32.7 Å². The molecule has 0 aliphatic carbocycles. The molecule has 0 aromatic carbocycles. The van der Waals surface area contributed by atoms with Gasteiger partial charge in [-0.1, -0.05) is 6.42 Å². The van der Waals surface area contributed by atoms with E-state index in [0.717, 1.165) is 26.1 Å². The SMILES string of the molecule is FC(F)(F)CNCCCN1CCCCC1. The molecule has 0 bridgehead atoms. The van der Waals surface area contributed by atoms with Gasteiger partial charge in [-0.05, 0) is 45.4 Å². The Kier molecular flexibility index (Phi) is 5.39. The van der Waals surface area contributed by atoms with Crippen molar-refractivity contribution >= 4 is 0 Å². The Morgan fingerprint density at radius 3 is 2.33 bits per heavy atom. The van der Waals surface area contributed by atoms with Gasteiger partial charge in [0, 0.05) is 0 Å². The van der Waals surface area contributed by atoms with Crippen molar-refractivity contribution in [2.24, 2.45) is 0 Å². The molecule has 0 radical (unpaired) electrons. The Hall–Kier alpha value is -0.290. The quantitative estimate of drug-likeness (QED) is 0.719. The first-order chi connectivity index (χ1) is 7.08. The van der Waals surface area contributed by atoms with Gasteiger partial charge >= 0.3 is 6.18 Å². The summed E-state index contributed by atoms with van der Waals surface area (Å²) in [5, 5.41) is 2.41. The third kappa shape index (κ3) is 6.73. The third-order valence-electron chi connectivity index (χ3n) is 2.60. The van der Waals surface area contributed by atoms with Gasteiger partial charge in [0.25, 0.3) is 0 Å². The van der Waals surface area contributed by atoms with Crippen LogP contribution < -0.4 is 5.32 Å². The summed E-state index contributed by atoms with van der Waals surface area (Å²) in [6.07, 6.45) is 0.482.